The fourth-order valence-electron chi connectivity index (χ4n) is 2.84. The van der Waals surface area contributed by atoms with Gasteiger partial charge in [-0.25, -0.2) is 0 Å². The van der Waals surface area contributed by atoms with Gasteiger partial charge in [0, 0.05) is 25.1 Å². The molecule has 1 amide bonds. The molecule has 20 heavy (non-hydrogen) atoms. The Bertz CT molecular complexity index is 462. The number of benzene rings is 1. The van der Waals surface area contributed by atoms with E-state index < -0.39 is 0 Å². The van der Waals surface area contributed by atoms with Crippen LogP contribution in [0.15, 0.2) is 24.3 Å². The number of likely N-dealkylation sites (N-methyl/N-ethyl adjacent to an activating group) is 1. The molecule has 1 aliphatic rings. The van der Waals surface area contributed by atoms with E-state index in [0.29, 0.717) is 18.9 Å². The van der Waals surface area contributed by atoms with Crippen LogP contribution in [0.25, 0.3) is 0 Å². The molecule has 0 aromatic heterocycles. The van der Waals surface area contributed by atoms with Gasteiger partial charge in [0.2, 0.25) is 5.91 Å². The van der Waals surface area contributed by atoms with Gasteiger partial charge in [-0.15, -0.1) is 0 Å². The quantitative estimate of drug-likeness (QED) is 0.866. The number of methoxy groups -OCH3 is 1. The molecule has 1 aromatic carbocycles. The van der Waals surface area contributed by atoms with Gasteiger partial charge in [-0.05, 0) is 18.5 Å². The zero-order valence-electron chi connectivity index (χ0n) is 12.6. The third-order valence-electron chi connectivity index (χ3n) is 3.78. The highest BCUT2D eigenvalue weighted by Gasteiger charge is 2.29. The largest absolute Gasteiger partial charge is 0.496 e. The molecule has 1 fully saturated rings. The zero-order valence-corrected chi connectivity index (χ0v) is 12.6. The van der Waals surface area contributed by atoms with Gasteiger partial charge in [0.1, 0.15) is 5.75 Å². The summed E-state index contributed by atoms with van der Waals surface area (Å²) in [5.74, 6) is 1.59. The molecule has 4 nitrogen and oxygen atoms in total. The van der Waals surface area contributed by atoms with Crippen molar-refractivity contribution in [3.63, 3.8) is 0 Å². The summed E-state index contributed by atoms with van der Waals surface area (Å²) in [4.78, 5) is 13.9. The van der Waals surface area contributed by atoms with Gasteiger partial charge in [0.05, 0.1) is 13.2 Å². The highest BCUT2D eigenvalue weighted by molar-refractivity contribution is 5.78. The molecule has 1 saturated heterocycles. The molecule has 110 valence electrons. The molecule has 2 unspecified atom stereocenters. The molecule has 0 bridgehead atoms. The van der Waals surface area contributed by atoms with Gasteiger partial charge in [0.25, 0.3) is 0 Å². The number of likely N-dealkylation sites (tertiary alicyclic amines) is 1. The topological polar surface area (TPSA) is 41.6 Å². The number of amides is 1. The predicted molar refractivity (Wildman–Crippen MR) is 79.8 cm³/mol. The molecular weight excluding hydrogens is 252 g/mol. The van der Waals surface area contributed by atoms with Crippen molar-refractivity contribution in [2.45, 2.75) is 26.3 Å². The van der Waals surface area contributed by atoms with E-state index in [2.05, 4.69) is 25.2 Å². The summed E-state index contributed by atoms with van der Waals surface area (Å²) in [6, 6.07) is 8.13. The van der Waals surface area contributed by atoms with E-state index in [1.165, 1.54) is 0 Å². The Hall–Kier alpha value is -1.55. The second kappa shape index (κ2) is 6.75. The van der Waals surface area contributed by atoms with Crippen LogP contribution < -0.4 is 10.1 Å². The molecule has 0 saturated carbocycles. The lowest BCUT2D eigenvalue weighted by molar-refractivity contribution is -0.128. The van der Waals surface area contributed by atoms with Crippen LogP contribution in [-0.2, 0) is 4.79 Å². The van der Waals surface area contributed by atoms with Crippen LogP contribution in [0, 0.1) is 5.92 Å². The highest BCUT2D eigenvalue weighted by atomic mass is 16.5. The number of hydrogen-bond donors (Lipinski definition) is 1. The second-order valence-electron chi connectivity index (χ2n) is 5.46. The Morgan fingerprint density at radius 1 is 1.45 bits per heavy atom. The number of nitrogens with one attached hydrogen (secondary N) is 1. The number of rotatable bonds is 6. The maximum atomic E-state index is 12.0. The van der Waals surface area contributed by atoms with Gasteiger partial charge in [0.15, 0.2) is 0 Å². The predicted octanol–water partition coefficient (Wildman–Crippen LogP) is 2.21. The molecule has 0 aliphatic carbocycles. The number of carbonyl (C=O) groups excluding carboxylic acids is 1. The average molecular weight is 276 g/mol. The molecule has 2 atom stereocenters. The molecule has 0 spiro atoms. The van der Waals surface area contributed by atoms with Crippen LogP contribution in [0.4, 0.5) is 0 Å². The van der Waals surface area contributed by atoms with E-state index in [0.717, 1.165) is 24.4 Å². The SMILES string of the molecule is CCNC(CN1CC(C)CC1=O)c1ccccc1OC. The minimum Gasteiger partial charge on any atom is -0.496 e. The number of carbonyl (C=O) groups is 1. The summed E-state index contributed by atoms with van der Waals surface area (Å²) in [6.07, 6.45) is 0.671. The molecule has 4 heteroatoms. The van der Waals surface area contributed by atoms with E-state index in [1.54, 1.807) is 7.11 Å². The Morgan fingerprint density at radius 2 is 2.20 bits per heavy atom. The van der Waals surface area contributed by atoms with E-state index in [-0.39, 0.29) is 11.9 Å². The molecule has 1 aliphatic heterocycles. The van der Waals surface area contributed by atoms with Crippen LogP contribution in [0.5, 0.6) is 5.75 Å². The van der Waals surface area contributed by atoms with Gasteiger partial charge in [-0.2, -0.15) is 0 Å². The van der Waals surface area contributed by atoms with E-state index in [9.17, 15) is 4.79 Å². The first-order chi connectivity index (χ1) is 9.65. The minimum absolute atomic E-state index is 0.116. The van der Waals surface area contributed by atoms with Crippen molar-refractivity contribution in [3.8, 4) is 5.75 Å². The molecule has 1 heterocycles. The van der Waals surface area contributed by atoms with Gasteiger partial charge in [-0.3, -0.25) is 4.79 Å². The van der Waals surface area contributed by atoms with Crippen LogP contribution >= 0.6 is 0 Å². The molecular formula is C16H24N2O2. The number of nitrogens with zero attached hydrogens (tertiary/aromatic N) is 1. The van der Waals surface area contributed by atoms with E-state index >= 15 is 0 Å². The summed E-state index contributed by atoms with van der Waals surface area (Å²) in [6.45, 7) is 6.63. The van der Waals surface area contributed by atoms with Crippen LogP contribution in [-0.4, -0.2) is 37.6 Å². The lowest BCUT2D eigenvalue weighted by Crippen LogP contribution is -2.36. The Kier molecular flexibility index (Phi) is 5.01. The first-order valence-corrected chi connectivity index (χ1v) is 7.29. The Balaban J connectivity index is 2.16. The summed E-state index contributed by atoms with van der Waals surface area (Å²) in [5, 5.41) is 3.46. The van der Waals surface area contributed by atoms with Gasteiger partial charge < -0.3 is 15.0 Å². The molecule has 1 aromatic rings. The van der Waals surface area contributed by atoms with Crippen molar-refractivity contribution in [2.24, 2.45) is 5.92 Å². The maximum Gasteiger partial charge on any atom is 0.222 e. The fraction of sp³-hybridized carbons (Fsp3) is 0.562. The third kappa shape index (κ3) is 3.31. The van der Waals surface area contributed by atoms with Crippen molar-refractivity contribution < 1.29 is 9.53 Å². The lowest BCUT2D eigenvalue weighted by Gasteiger charge is -2.26. The summed E-state index contributed by atoms with van der Waals surface area (Å²) < 4.78 is 5.44. The second-order valence-corrected chi connectivity index (χ2v) is 5.46. The first-order valence-electron chi connectivity index (χ1n) is 7.29. The van der Waals surface area contributed by atoms with Gasteiger partial charge >= 0.3 is 0 Å². The smallest absolute Gasteiger partial charge is 0.222 e. The van der Waals surface area contributed by atoms with Crippen molar-refractivity contribution in [2.75, 3.05) is 26.7 Å². The van der Waals surface area contributed by atoms with Crippen molar-refractivity contribution in [3.05, 3.63) is 29.8 Å². The van der Waals surface area contributed by atoms with E-state index in [1.807, 2.05) is 23.1 Å². The molecule has 0 radical (unpaired) electrons. The van der Waals surface area contributed by atoms with Gasteiger partial charge in [-0.1, -0.05) is 32.0 Å². The average Bonchev–Trinajstić information content (AvgIpc) is 2.76. The maximum absolute atomic E-state index is 12.0. The molecule has 1 N–H and O–H groups in total. The summed E-state index contributed by atoms with van der Waals surface area (Å²) in [5.41, 5.74) is 1.12. The number of ether oxygens (including phenoxy) is 1. The fourth-order valence-corrected chi connectivity index (χ4v) is 2.84. The van der Waals surface area contributed by atoms with Crippen LogP contribution in [0.2, 0.25) is 0 Å². The Morgan fingerprint density at radius 3 is 2.80 bits per heavy atom. The number of para-hydroxylation sites is 1. The highest BCUT2D eigenvalue weighted by Crippen LogP contribution is 2.27. The zero-order chi connectivity index (χ0) is 14.5. The van der Waals surface area contributed by atoms with Crippen LogP contribution in [0.3, 0.4) is 0 Å². The van der Waals surface area contributed by atoms with Crippen molar-refractivity contribution >= 4 is 5.91 Å². The normalized spacial score (nSPS) is 20.2. The summed E-state index contributed by atoms with van der Waals surface area (Å²) >= 11 is 0. The van der Waals surface area contributed by atoms with Crippen molar-refractivity contribution in [1.82, 2.24) is 10.2 Å². The lowest BCUT2D eigenvalue weighted by atomic mass is 10.0. The Labute approximate surface area is 121 Å². The molecule has 2 rings (SSSR count). The third-order valence-corrected chi connectivity index (χ3v) is 3.78. The number of hydrogen-bond acceptors (Lipinski definition) is 3. The minimum atomic E-state index is 0.116. The van der Waals surface area contributed by atoms with Crippen LogP contribution in [0.1, 0.15) is 31.9 Å². The van der Waals surface area contributed by atoms with E-state index in [4.69, 9.17) is 4.74 Å². The standard InChI is InChI=1S/C16H24N2O2/c1-4-17-14(11-18-10-12(2)9-16(18)19)13-7-5-6-8-15(13)20-3/h5-8,12,14,17H,4,9-11H2,1-3H3. The monoisotopic (exact) mass is 276 g/mol. The first kappa shape index (κ1) is 14.9. The summed E-state index contributed by atoms with van der Waals surface area (Å²) in [7, 11) is 1.69. The van der Waals surface area contributed by atoms with Crippen molar-refractivity contribution in [1.29, 1.82) is 0 Å².